The van der Waals surface area contributed by atoms with E-state index in [1.807, 2.05) is 0 Å². The molecule has 0 saturated carbocycles. The summed E-state index contributed by atoms with van der Waals surface area (Å²) in [7, 11) is 0. The summed E-state index contributed by atoms with van der Waals surface area (Å²) in [5.41, 5.74) is -0.0672. The van der Waals surface area contributed by atoms with Crippen molar-refractivity contribution in [3.63, 3.8) is 0 Å². The fraction of sp³-hybridized carbons (Fsp3) is 0. The number of nitrogens with zero attached hydrogens (tertiary/aromatic N) is 3. The largest absolute Gasteiger partial charge is 0.477 e. The van der Waals surface area contributed by atoms with Crippen molar-refractivity contribution in [2.45, 2.75) is 0 Å². The molecule has 0 fully saturated rings. The second-order valence-corrected chi connectivity index (χ2v) is 4.74. The van der Waals surface area contributed by atoms with Gasteiger partial charge in [0.2, 0.25) is 0 Å². The van der Waals surface area contributed by atoms with Crippen LogP contribution in [-0.4, -0.2) is 25.8 Å². The molecule has 1 N–H and O–H groups in total. The summed E-state index contributed by atoms with van der Waals surface area (Å²) in [6.45, 7) is 0. The van der Waals surface area contributed by atoms with Crippen molar-refractivity contribution in [1.82, 2.24) is 14.8 Å². The normalized spacial score (nSPS) is 10.7. The summed E-state index contributed by atoms with van der Waals surface area (Å²) < 4.78 is 1.15. The van der Waals surface area contributed by atoms with E-state index >= 15 is 0 Å². The number of halogens is 1. The van der Waals surface area contributed by atoms with Crippen LogP contribution in [-0.2, 0) is 0 Å². The predicted molar refractivity (Wildman–Crippen MR) is 77.1 cm³/mol. The van der Waals surface area contributed by atoms with Gasteiger partial charge in [-0.1, -0.05) is 17.7 Å². The van der Waals surface area contributed by atoms with E-state index in [-0.39, 0.29) is 11.3 Å². The first-order valence-corrected chi connectivity index (χ1v) is 6.31. The molecule has 0 saturated heterocycles. The Morgan fingerprint density at radius 3 is 2.67 bits per heavy atom. The highest BCUT2D eigenvalue weighted by Crippen LogP contribution is 2.16. The molecule has 6 nitrogen and oxygen atoms in total. The van der Waals surface area contributed by atoms with Gasteiger partial charge in [0.1, 0.15) is 5.69 Å². The predicted octanol–water partition coefficient (Wildman–Crippen LogP) is 2.13. The van der Waals surface area contributed by atoms with Gasteiger partial charge in [-0.05, 0) is 24.3 Å². The van der Waals surface area contributed by atoms with Crippen molar-refractivity contribution in [2.75, 3.05) is 0 Å². The van der Waals surface area contributed by atoms with Crippen molar-refractivity contribution < 1.29 is 9.90 Å². The Morgan fingerprint density at radius 1 is 1.19 bits per heavy atom. The minimum atomic E-state index is -1.13. The zero-order chi connectivity index (χ0) is 15.0. The Morgan fingerprint density at radius 2 is 2.00 bits per heavy atom. The molecule has 0 atom stereocenters. The highest BCUT2D eigenvalue weighted by molar-refractivity contribution is 6.31. The highest BCUT2D eigenvalue weighted by Gasteiger charge is 2.09. The minimum Gasteiger partial charge on any atom is -0.477 e. The van der Waals surface area contributed by atoms with E-state index in [0.29, 0.717) is 21.5 Å². The van der Waals surface area contributed by atoms with Gasteiger partial charge in [-0.3, -0.25) is 4.79 Å². The smallest absolute Gasteiger partial charge is 0.354 e. The number of hydrogen-bond acceptors (Lipinski definition) is 4. The maximum atomic E-state index is 12.4. The quantitative estimate of drug-likeness (QED) is 0.783. The van der Waals surface area contributed by atoms with Crippen LogP contribution in [0.15, 0.2) is 47.5 Å². The van der Waals surface area contributed by atoms with Crippen LogP contribution < -0.4 is 5.56 Å². The van der Waals surface area contributed by atoms with Gasteiger partial charge in [-0.25, -0.2) is 9.78 Å². The fourth-order valence-corrected chi connectivity index (χ4v) is 2.11. The average molecular weight is 302 g/mol. The number of hydrogen-bond donors (Lipinski definition) is 1. The third-order valence-corrected chi connectivity index (χ3v) is 3.20. The van der Waals surface area contributed by atoms with Crippen molar-refractivity contribution in [3.05, 3.63) is 63.8 Å². The number of fused-ring (bicyclic) bond motifs is 1. The number of aromatic nitrogens is 3. The van der Waals surface area contributed by atoms with Crippen molar-refractivity contribution in [3.8, 4) is 5.69 Å². The van der Waals surface area contributed by atoms with E-state index in [0.717, 1.165) is 4.68 Å². The van der Waals surface area contributed by atoms with Gasteiger partial charge in [-0.2, -0.15) is 9.78 Å². The number of carboxylic acid groups (broad SMARTS) is 1. The standard InChI is InChI=1S/C14H8ClN3O3/c15-9-2-1-8-6-17-18(13(19)11(8)5-9)10-3-4-12(14(20)21)16-7-10/h1-7H,(H,20,21). The molecule has 0 radical (unpaired) electrons. The Balaban J connectivity index is 2.18. The summed E-state index contributed by atoms with van der Waals surface area (Å²) in [6, 6.07) is 7.74. The zero-order valence-corrected chi connectivity index (χ0v) is 11.3. The summed E-state index contributed by atoms with van der Waals surface area (Å²) in [4.78, 5) is 26.9. The molecule has 21 heavy (non-hydrogen) atoms. The molecule has 3 rings (SSSR count). The first kappa shape index (κ1) is 13.3. The minimum absolute atomic E-state index is 0.101. The van der Waals surface area contributed by atoms with Crippen LogP contribution in [0.25, 0.3) is 16.5 Å². The molecule has 104 valence electrons. The maximum Gasteiger partial charge on any atom is 0.354 e. The molecule has 0 bridgehead atoms. The SMILES string of the molecule is O=C(O)c1ccc(-n2ncc3ccc(Cl)cc3c2=O)cn1. The highest BCUT2D eigenvalue weighted by atomic mass is 35.5. The van der Waals surface area contributed by atoms with E-state index in [2.05, 4.69) is 10.1 Å². The lowest BCUT2D eigenvalue weighted by Gasteiger charge is -2.06. The third-order valence-electron chi connectivity index (χ3n) is 2.96. The van der Waals surface area contributed by atoms with Crippen LogP contribution in [0.4, 0.5) is 0 Å². The van der Waals surface area contributed by atoms with Gasteiger partial charge in [0, 0.05) is 10.4 Å². The van der Waals surface area contributed by atoms with Gasteiger partial charge in [-0.15, -0.1) is 0 Å². The van der Waals surface area contributed by atoms with Crippen molar-refractivity contribution in [2.24, 2.45) is 0 Å². The molecule has 0 amide bonds. The number of carbonyl (C=O) groups is 1. The number of rotatable bonds is 2. The third kappa shape index (κ3) is 2.36. The monoisotopic (exact) mass is 301 g/mol. The van der Waals surface area contributed by atoms with Crippen LogP contribution in [0.1, 0.15) is 10.5 Å². The van der Waals surface area contributed by atoms with Crippen LogP contribution in [0.5, 0.6) is 0 Å². The van der Waals surface area contributed by atoms with Gasteiger partial charge < -0.3 is 5.11 Å². The van der Waals surface area contributed by atoms with E-state index < -0.39 is 5.97 Å². The van der Waals surface area contributed by atoms with E-state index in [9.17, 15) is 9.59 Å². The Hall–Kier alpha value is -2.73. The average Bonchev–Trinajstić information content (AvgIpc) is 2.48. The second kappa shape index (κ2) is 4.99. The van der Waals surface area contributed by atoms with Crippen molar-refractivity contribution in [1.29, 1.82) is 0 Å². The fourth-order valence-electron chi connectivity index (χ4n) is 1.93. The number of benzene rings is 1. The molecule has 0 aliphatic rings. The van der Waals surface area contributed by atoms with E-state index in [1.165, 1.54) is 24.5 Å². The Bertz CT molecular complexity index is 903. The topological polar surface area (TPSA) is 85.1 Å². The number of aromatic carboxylic acids is 1. The first-order chi connectivity index (χ1) is 10.1. The Labute approximate surface area is 123 Å². The molecule has 0 aliphatic heterocycles. The summed E-state index contributed by atoms with van der Waals surface area (Å²) in [5.74, 6) is -1.13. The summed E-state index contributed by atoms with van der Waals surface area (Å²) in [5, 5.41) is 14.4. The first-order valence-electron chi connectivity index (χ1n) is 5.93. The molecule has 0 unspecified atom stereocenters. The number of pyridine rings is 1. The molecule has 2 aromatic heterocycles. The molecule has 7 heteroatoms. The molecule has 0 aliphatic carbocycles. The molecule has 2 heterocycles. The van der Waals surface area contributed by atoms with Gasteiger partial charge >= 0.3 is 5.97 Å². The molecular formula is C14H8ClN3O3. The Kier molecular flexibility index (Phi) is 3.15. The van der Waals surface area contributed by atoms with Crippen LogP contribution in [0, 0.1) is 0 Å². The summed E-state index contributed by atoms with van der Waals surface area (Å²) >= 11 is 5.90. The van der Waals surface area contributed by atoms with Crippen LogP contribution in [0.2, 0.25) is 5.02 Å². The van der Waals surface area contributed by atoms with E-state index in [1.54, 1.807) is 18.2 Å². The van der Waals surface area contributed by atoms with Gasteiger partial charge in [0.25, 0.3) is 5.56 Å². The second-order valence-electron chi connectivity index (χ2n) is 4.30. The van der Waals surface area contributed by atoms with Gasteiger partial charge in [0.05, 0.1) is 23.5 Å². The maximum absolute atomic E-state index is 12.4. The molecule has 1 aromatic carbocycles. The lowest BCUT2D eigenvalue weighted by Crippen LogP contribution is -2.21. The molecule has 0 spiro atoms. The lowest BCUT2D eigenvalue weighted by molar-refractivity contribution is 0.0690. The van der Waals surface area contributed by atoms with E-state index in [4.69, 9.17) is 16.7 Å². The molecular weight excluding hydrogens is 294 g/mol. The van der Waals surface area contributed by atoms with Crippen molar-refractivity contribution >= 4 is 28.3 Å². The van der Waals surface area contributed by atoms with Gasteiger partial charge in [0.15, 0.2) is 0 Å². The number of carboxylic acids is 1. The summed E-state index contributed by atoms with van der Waals surface area (Å²) in [6.07, 6.45) is 2.83. The molecule has 3 aromatic rings. The zero-order valence-electron chi connectivity index (χ0n) is 10.5. The lowest BCUT2D eigenvalue weighted by atomic mass is 10.2. The van der Waals surface area contributed by atoms with Crippen LogP contribution >= 0.6 is 11.6 Å². The van der Waals surface area contributed by atoms with Crippen LogP contribution in [0.3, 0.4) is 0 Å².